The summed E-state index contributed by atoms with van der Waals surface area (Å²) < 4.78 is 65.7. The Morgan fingerprint density at radius 3 is 2.27 bits per heavy atom. The van der Waals surface area contributed by atoms with Crippen LogP contribution in [-0.2, 0) is 6.18 Å². The predicted octanol–water partition coefficient (Wildman–Crippen LogP) is 5.00. The third-order valence-corrected chi connectivity index (χ3v) is 3.19. The lowest BCUT2D eigenvalue weighted by Crippen LogP contribution is -2.09. The SMILES string of the molecule is O=C(O)c1cc(Cl)c(-c2cccc(C(F)(F)F)c2F)cc1F. The molecule has 0 atom stereocenters. The molecule has 0 unspecified atom stereocenters. The molecule has 0 amide bonds. The normalized spacial score (nSPS) is 11.5. The number of hydrogen-bond donors (Lipinski definition) is 1. The van der Waals surface area contributed by atoms with Gasteiger partial charge in [0.05, 0.1) is 11.1 Å². The fraction of sp³-hybridized carbons (Fsp3) is 0.0714. The zero-order valence-electron chi connectivity index (χ0n) is 10.5. The molecule has 2 aromatic carbocycles. The van der Waals surface area contributed by atoms with Crippen molar-refractivity contribution in [2.45, 2.75) is 6.18 Å². The van der Waals surface area contributed by atoms with Crippen LogP contribution in [0.5, 0.6) is 0 Å². The van der Waals surface area contributed by atoms with E-state index in [-0.39, 0.29) is 10.6 Å². The summed E-state index contributed by atoms with van der Waals surface area (Å²) in [6.45, 7) is 0. The molecular weight excluding hydrogens is 331 g/mol. The van der Waals surface area contributed by atoms with Crippen LogP contribution in [0.15, 0.2) is 30.3 Å². The van der Waals surface area contributed by atoms with Gasteiger partial charge < -0.3 is 5.11 Å². The van der Waals surface area contributed by atoms with E-state index in [0.29, 0.717) is 18.2 Å². The van der Waals surface area contributed by atoms with Crippen molar-refractivity contribution in [3.63, 3.8) is 0 Å². The third-order valence-electron chi connectivity index (χ3n) is 2.88. The minimum Gasteiger partial charge on any atom is -0.478 e. The Bertz CT molecular complexity index is 756. The highest BCUT2D eigenvalue weighted by molar-refractivity contribution is 6.33. The highest BCUT2D eigenvalue weighted by atomic mass is 35.5. The standard InChI is InChI=1S/C14H6ClF5O2/c15-10-4-8(13(21)22)11(16)5-7(10)6-2-1-3-9(12(6)17)14(18,19)20/h1-5H,(H,21,22). The number of rotatable bonds is 2. The highest BCUT2D eigenvalue weighted by Crippen LogP contribution is 2.38. The maximum Gasteiger partial charge on any atom is 0.419 e. The molecule has 0 aliphatic heterocycles. The summed E-state index contributed by atoms with van der Waals surface area (Å²) in [6, 6.07) is 3.78. The molecule has 1 N–H and O–H groups in total. The second-order valence-corrected chi connectivity index (χ2v) is 4.69. The van der Waals surface area contributed by atoms with Crippen LogP contribution >= 0.6 is 11.6 Å². The first-order valence-corrected chi connectivity index (χ1v) is 6.09. The van der Waals surface area contributed by atoms with Crippen LogP contribution in [-0.4, -0.2) is 11.1 Å². The fourth-order valence-electron chi connectivity index (χ4n) is 1.88. The number of carboxylic acid groups (broad SMARTS) is 1. The minimum atomic E-state index is -4.92. The van der Waals surface area contributed by atoms with Gasteiger partial charge in [0.2, 0.25) is 0 Å². The molecule has 2 rings (SSSR count). The molecule has 0 aliphatic carbocycles. The number of benzene rings is 2. The molecule has 0 aliphatic rings. The van der Waals surface area contributed by atoms with Crippen LogP contribution in [0.1, 0.15) is 15.9 Å². The first-order valence-electron chi connectivity index (χ1n) is 5.71. The Morgan fingerprint density at radius 2 is 1.73 bits per heavy atom. The Kier molecular flexibility index (Phi) is 4.10. The van der Waals surface area contributed by atoms with E-state index in [9.17, 15) is 26.7 Å². The Hall–Kier alpha value is -2.15. The van der Waals surface area contributed by atoms with E-state index >= 15 is 0 Å². The number of carboxylic acids is 1. The molecule has 116 valence electrons. The number of alkyl halides is 3. The minimum absolute atomic E-state index is 0.368. The topological polar surface area (TPSA) is 37.3 Å². The molecule has 0 saturated carbocycles. The van der Waals surface area contributed by atoms with Gasteiger partial charge in [-0.1, -0.05) is 23.7 Å². The molecule has 0 bridgehead atoms. The van der Waals surface area contributed by atoms with Crippen LogP contribution in [0.25, 0.3) is 11.1 Å². The summed E-state index contributed by atoms with van der Waals surface area (Å²) in [4.78, 5) is 10.8. The lowest BCUT2D eigenvalue weighted by molar-refractivity contribution is -0.139. The number of hydrogen-bond acceptors (Lipinski definition) is 1. The maximum absolute atomic E-state index is 14.0. The first kappa shape index (κ1) is 16.2. The van der Waals surface area contributed by atoms with Gasteiger partial charge >= 0.3 is 12.1 Å². The molecule has 0 radical (unpaired) electrons. The zero-order chi connectivity index (χ0) is 16.7. The largest absolute Gasteiger partial charge is 0.478 e. The van der Waals surface area contributed by atoms with Crippen molar-refractivity contribution in [2.75, 3.05) is 0 Å². The van der Waals surface area contributed by atoms with Gasteiger partial charge in [0.1, 0.15) is 11.6 Å². The molecular formula is C14H6ClF5O2. The molecule has 0 aromatic heterocycles. The Labute approximate surface area is 125 Å². The summed E-state index contributed by atoms with van der Waals surface area (Å²) in [7, 11) is 0. The predicted molar refractivity (Wildman–Crippen MR) is 68.8 cm³/mol. The molecule has 22 heavy (non-hydrogen) atoms. The maximum atomic E-state index is 14.0. The van der Waals surface area contributed by atoms with Crippen molar-refractivity contribution < 1.29 is 31.9 Å². The summed E-state index contributed by atoms with van der Waals surface area (Å²) >= 11 is 5.74. The second-order valence-electron chi connectivity index (χ2n) is 4.28. The molecule has 0 fully saturated rings. The summed E-state index contributed by atoms with van der Waals surface area (Å²) in [5.41, 5.74) is -3.23. The molecule has 0 heterocycles. The smallest absolute Gasteiger partial charge is 0.419 e. The molecule has 8 heteroatoms. The van der Waals surface area contributed by atoms with Crippen LogP contribution in [0.4, 0.5) is 22.0 Å². The fourth-order valence-corrected chi connectivity index (χ4v) is 2.14. The van der Waals surface area contributed by atoms with Crippen LogP contribution < -0.4 is 0 Å². The van der Waals surface area contributed by atoms with Crippen molar-refractivity contribution in [1.29, 1.82) is 0 Å². The van der Waals surface area contributed by atoms with E-state index in [0.717, 1.165) is 12.1 Å². The summed E-state index contributed by atoms with van der Waals surface area (Å²) in [6.07, 6.45) is -4.92. The van der Waals surface area contributed by atoms with Crippen molar-refractivity contribution >= 4 is 17.6 Å². The number of halogens is 6. The monoisotopic (exact) mass is 336 g/mol. The van der Waals surface area contributed by atoms with E-state index in [1.54, 1.807) is 0 Å². The van der Waals surface area contributed by atoms with Crippen molar-refractivity contribution in [2.24, 2.45) is 0 Å². The zero-order valence-corrected chi connectivity index (χ0v) is 11.3. The first-order chi connectivity index (χ1) is 10.1. The van der Waals surface area contributed by atoms with Gasteiger partial charge in [0, 0.05) is 16.1 Å². The molecule has 2 aromatic rings. The lowest BCUT2D eigenvalue weighted by atomic mass is 10.00. The van der Waals surface area contributed by atoms with Gasteiger partial charge in [-0.05, 0) is 18.2 Å². The van der Waals surface area contributed by atoms with E-state index in [1.165, 1.54) is 0 Å². The van der Waals surface area contributed by atoms with Gasteiger partial charge in [-0.15, -0.1) is 0 Å². The van der Waals surface area contributed by atoms with Crippen LogP contribution in [0, 0.1) is 11.6 Å². The molecule has 2 nitrogen and oxygen atoms in total. The number of carbonyl (C=O) groups is 1. The average Bonchev–Trinajstić information content (AvgIpc) is 2.40. The van der Waals surface area contributed by atoms with Gasteiger partial charge in [-0.3, -0.25) is 0 Å². The summed E-state index contributed by atoms with van der Waals surface area (Å²) in [5.74, 6) is -4.45. The Morgan fingerprint density at radius 1 is 1.09 bits per heavy atom. The second kappa shape index (κ2) is 5.57. The van der Waals surface area contributed by atoms with Crippen molar-refractivity contribution in [3.8, 4) is 11.1 Å². The lowest BCUT2D eigenvalue weighted by Gasteiger charge is -2.13. The quantitative estimate of drug-likeness (QED) is 0.783. The van der Waals surface area contributed by atoms with Gasteiger partial charge in [0.15, 0.2) is 0 Å². The average molecular weight is 337 g/mol. The van der Waals surface area contributed by atoms with Crippen LogP contribution in [0.3, 0.4) is 0 Å². The van der Waals surface area contributed by atoms with Gasteiger partial charge in [-0.2, -0.15) is 13.2 Å². The van der Waals surface area contributed by atoms with Gasteiger partial charge in [0.25, 0.3) is 0 Å². The molecule has 0 spiro atoms. The van der Waals surface area contributed by atoms with Crippen molar-refractivity contribution in [1.82, 2.24) is 0 Å². The van der Waals surface area contributed by atoms with E-state index in [4.69, 9.17) is 16.7 Å². The van der Waals surface area contributed by atoms with Crippen LogP contribution in [0.2, 0.25) is 5.02 Å². The van der Waals surface area contributed by atoms with Crippen molar-refractivity contribution in [3.05, 3.63) is 58.1 Å². The third kappa shape index (κ3) is 2.89. The summed E-state index contributed by atoms with van der Waals surface area (Å²) in [5, 5.41) is 8.36. The van der Waals surface area contributed by atoms with E-state index < -0.39 is 40.5 Å². The Balaban J connectivity index is 2.68. The number of aromatic carboxylic acids is 1. The molecule has 0 saturated heterocycles. The van der Waals surface area contributed by atoms with E-state index in [1.807, 2.05) is 0 Å². The highest BCUT2D eigenvalue weighted by Gasteiger charge is 2.35. The van der Waals surface area contributed by atoms with E-state index in [2.05, 4.69) is 0 Å². The van der Waals surface area contributed by atoms with Gasteiger partial charge in [-0.25, -0.2) is 13.6 Å².